The van der Waals surface area contributed by atoms with Gasteiger partial charge < -0.3 is 5.11 Å². The van der Waals surface area contributed by atoms with E-state index in [1.54, 1.807) is 31.2 Å². The van der Waals surface area contributed by atoms with Crippen LogP contribution in [0.3, 0.4) is 0 Å². The summed E-state index contributed by atoms with van der Waals surface area (Å²) in [6.45, 7) is 5.35. The average Bonchev–Trinajstić information content (AvgIpc) is 2.25. The second-order valence-electron chi connectivity index (χ2n) is 5.64. The number of carbonyl (C=O) groups is 1. The Bertz CT molecular complexity index is 556. The molecule has 1 rings (SSSR count). The molecule has 1 N–H and O–H groups in total. The molecule has 1 aromatic carbocycles. The molecule has 0 heterocycles. The van der Waals surface area contributed by atoms with Crippen molar-refractivity contribution in [3.8, 4) is 0 Å². The van der Waals surface area contributed by atoms with E-state index in [0.717, 1.165) is 5.56 Å². The van der Waals surface area contributed by atoms with E-state index in [1.165, 1.54) is 6.26 Å². The number of sulfone groups is 1. The largest absolute Gasteiger partial charge is 0.481 e. The molecular formula is C14H20O4S. The van der Waals surface area contributed by atoms with E-state index in [0.29, 0.717) is 5.56 Å². The summed E-state index contributed by atoms with van der Waals surface area (Å²) in [6, 6.07) is 7.11. The van der Waals surface area contributed by atoms with Gasteiger partial charge in [-0.25, -0.2) is 8.42 Å². The highest BCUT2D eigenvalue weighted by Gasteiger charge is 2.26. The lowest BCUT2D eigenvalue weighted by molar-refractivity contribution is -0.138. The summed E-state index contributed by atoms with van der Waals surface area (Å²) in [5.74, 6) is -1.37. The number of rotatable bonds is 5. The second kappa shape index (κ2) is 5.33. The minimum atomic E-state index is -3.06. The van der Waals surface area contributed by atoms with Crippen LogP contribution < -0.4 is 0 Å². The number of hydrogen-bond donors (Lipinski definition) is 1. The number of aliphatic carboxylic acids is 1. The van der Waals surface area contributed by atoms with Crippen LogP contribution in [0.5, 0.6) is 0 Å². The van der Waals surface area contributed by atoms with Gasteiger partial charge in [0.15, 0.2) is 0 Å². The van der Waals surface area contributed by atoms with Gasteiger partial charge >= 0.3 is 5.97 Å². The van der Waals surface area contributed by atoms with Crippen molar-refractivity contribution in [3.05, 3.63) is 35.4 Å². The van der Waals surface area contributed by atoms with Gasteiger partial charge in [0, 0.05) is 11.7 Å². The van der Waals surface area contributed by atoms with Gasteiger partial charge in [0.1, 0.15) is 9.84 Å². The fourth-order valence-electron chi connectivity index (χ4n) is 2.10. The van der Waals surface area contributed by atoms with E-state index in [9.17, 15) is 13.2 Å². The van der Waals surface area contributed by atoms with E-state index < -0.39 is 27.1 Å². The number of carboxylic acids is 1. The van der Waals surface area contributed by atoms with E-state index in [1.807, 2.05) is 13.8 Å². The number of hydrogen-bond acceptors (Lipinski definition) is 3. The van der Waals surface area contributed by atoms with Crippen LogP contribution in [0.25, 0.3) is 0 Å². The molecule has 1 unspecified atom stereocenters. The molecule has 106 valence electrons. The van der Waals surface area contributed by atoms with Crippen LogP contribution in [0.4, 0.5) is 0 Å². The van der Waals surface area contributed by atoms with Gasteiger partial charge in [-0.1, -0.05) is 38.1 Å². The Hall–Kier alpha value is -1.36. The summed E-state index contributed by atoms with van der Waals surface area (Å²) < 4.78 is 22.8. The lowest BCUT2D eigenvalue weighted by Gasteiger charge is -2.24. The Kier molecular flexibility index (Phi) is 4.40. The van der Waals surface area contributed by atoms with Crippen molar-refractivity contribution in [2.24, 2.45) is 0 Å². The first-order valence-electron chi connectivity index (χ1n) is 6.04. The SMILES string of the molecule is CC(C(=O)O)c1ccc(C(C)(C)CS(C)(=O)=O)cc1. The molecule has 0 fully saturated rings. The first-order valence-corrected chi connectivity index (χ1v) is 8.10. The smallest absolute Gasteiger partial charge is 0.310 e. The molecule has 5 heteroatoms. The highest BCUT2D eigenvalue weighted by atomic mass is 32.2. The van der Waals surface area contributed by atoms with Gasteiger partial charge in [-0.3, -0.25) is 4.79 Å². The van der Waals surface area contributed by atoms with Crippen molar-refractivity contribution < 1.29 is 18.3 Å². The Morgan fingerprint density at radius 2 is 1.74 bits per heavy atom. The summed E-state index contributed by atoms with van der Waals surface area (Å²) in [5, 5.41) is 8.94. The fraction of sp³-hybridized carbons (Fsp3) is 0.500. The molecule has 0 aliphatic heterocycles. The zero-order valence-electron chi connectivity index (χ0n) is 11.7. The normalized spacial score (nSPS) is 14.1. The van der Waals surface area contributed by atoms with Crippen molar-refractivity contribution in [2.75, 3.05) is 12.0 Å². The molecule has 0 bridgehead atoms. The highest BCUT2D eigenvalue weighted by Crippen LogP contribution is 2.26. The highest BCUT2D eigenvalue weighted by molar-refractivity contribution is 7.90. The maximum absolute atomic E-state index is 11.4. The summed E-state index contributed by atoms with van der Waals surface area (Å²) in [7, 11) is -3.06. The zero-order valence-corrected chi connectivity index (χ0v) is 12.5. The predicted octanol–water partition coefficient (Wildman–Crippen LogP) is 2.20. The quantitative estimate of drug-likeness (QED) is 0.899. The summed E-state index contributed by atoms with van der Waals surface area (Å²) >= 11 is 0. The molecule has 1 aromatic rings. The minimum absolute atomic E-state index is 0.0633. The summed E-state index contributed by atoms with van der Waals surface area (Å²) in [5.41, 5.74) is 1.11. The first kappa shape index (κ1) is 15.7. The Labute approximate surface area is 114 Å². The Morgan fingerprint density at radius 3 is 2.11 bits per heavy atom. The van der Waals surface area contributed by atoms with Gasteiger partial charge in [-0.15, -0.1) is 0 Å². The van der Waals surface area contributed by atoms with E-state index in [2.05, 4.69) is 0 Å². The molecule has 0 aromatic heterocycles. The second-order valence-corrected chi connectivity index (χ2v) is 7.78. The topological polar surface area (TPSA) is 71.4 Å². The van der Waals surface area contributed by atoms with Gasteiger partial charge in [0.25, 0.3) is 0 Å². The van der Waals surface area contributed by atoms with Gasteiger partial charge in [0.2, 0.25) is 0 Å². The molecule has 0 saturated heterocycles. The average molecular weight is 284 g/mol. The minimum Gasteiger partial charge on any atom is -0.481 e. The number of carboxylic acid groups (broad SMARTS) is 1. The van der Waals surface area contributed by atoms with Crippen molar-refractivity contribution >= 4 is 15.8 Å². The number of benzene rings is 1. The molecule has 0 amide bonds. The molecule has 19 heavy (non-hydrogen) atoms. The first-order chi connectivity index (χ1) is 8.53. The van der Waals surface area contributed by atoms with Gasteiger partial charge in [0.05, 0.1) is 11.7 Å². The van der Waals surface area contributed by atoms with Crippen molar-refractivity contribution in [2.45, 2.75) is 32.1 Å². The molecule has 0 radical (unpaired) electrons. The molecule has 0 saturated carbocycles. The van der Waals surface area contributed by atoms with Crippen LogP contribution in [-0.4, -0.2) is 31.5 Å². The summed E-state index contributed by atoms with van der Waals surface area (Å²) in [6.07, 6.45) is 1.22. The van der Waals surface area contributed by atoms with E-state index in [-0.39, 0.29) is 5.75 Å². The van der Waals surface area contributed by atoms with Crippen LogP contribution in [0.15, 0.2) is 24.3 Å². The van der Waals surface area contributed by atoms with Crippen molar-refractivity contribution in [1.29, 1.82) is 0 Å². The van der Waals surface area contributed by atoms with Crippen molar-refractivity contribution in [1.82, 2.24) is 0 Å². The molecule has 4 nitrogen and oxygen atoms in total. The molecular weight excluding hydrogens is 264 g/mol. The Balaban J connectivity index is 3.02. The van der Waals surface area contributed by atoms with Gasteiger partial charge in [-0.2, -0.15) is 0 Å². The summed E-state index contributed by atoms with van der Waals surface area (Å²) in [4.78, 5) is 10.9. The van der Waals surface area contributed by atoms with Crippen molar-refractivity contribution in [3.63, 3.8) is 0 Å². The Morgan fingerprint density at radius 1 is 1.26 bits per heavy atom. The molecule has 1 atom stereocenters. The molecule has 0 spiro atoms. The third kappa shape index (κ3) is 4.35. The lowest BCUT2D eigenvalue weighted by Crippen LogP contribution is -2.27. The maximum Gasteiger partial charge on any atom is 0.310 e. The third-order valence-electron chi connectivity index (χ3n) is 3.19. The lowest BCUT2D eigenvalue weighted by atomic mass is 9.85. The fourth-order valence-corrected chi connectivity index (χ4v) is 3.58. The maximum atomic E-state index is 11.4. The van der Waals surface area contributed by atoms with Crippen LogP contribution in [0.2, 0.25) is 0 Å². The van der Waals surface area contributed by atoms with Crippen LogP contribution in [0, 0.1) is 0 Å². The monoisotopic (exact) mass is 284 g/mol. The van der Waals surface area contributed by atoms with E-state index in [4.69, 9.17) is 5.11 Å². The standard InChI is InChI=1S/C14H20O4S/c1-10(13(15)16)11-5-7-12(8-6-11)14(2,3)9-19(4,17)18/h5-8,10H,9H2,1-4H3,(H,15,16). The van der Waals surface area contributed by atoms with Gasteiger partial charge in [-0.05, 0) is 18.1 Å². The van der Waals surface area contributed by atoms with E-state index >= 15 is 0 Å². The molecule has 0 aliphatic carbocycles. The van der Waals surface area contributed by atoms with Crippen LogP contribution >= 0.6 is 0 Å². The third-order valence-corrected chi connectivity index (χ3v) is 4.43. The predicted molar refractivity (Wildman–Crippen MR) is 75.2 cm³/mol. The van der Waals surface area contributed by atoms with Crippen LogP contribution in [0.1, 0.15) is 37.8 Å². The van der Waals surface area contributed by atoms with Crippen LogP contribution in [-0.2, 0) is 20.0 Å². The molecule has 0 aliphatic rings. The zero-order chi connectivity index (χ0) is 14.8.